The van der Waals surface area contributed by atoms with Crippen molar-refractivity contribution in [3.8, 4) is 12.3 Å². The van der Waals surface area contributed by atoms with Gasteiger partial charge < -0.3 is 9.47 Å². The highest BCUT2D eigenvalue weighted by molar-refractivity contribution is 6.00. The summed E-state index contributed by atoms with van der Waals surface area (Å²) in [6.07, 6.45) is 5.81. The Balaban J connectivity index is 2.77. The maximum atomic E-state index is 11.7. The average Bonchev–Trinajstić information content (AvgIpc) is 2.24. The number of carbonyl (C=O) groups is 2. The first kappa shape index (κ1) is 12.7. The SMILES string of the molecule is C#CCC[C@@H]1O[C@H](C)CC(=O)[C@@H]1C(=O)OC. The van der Waals surface area contributed by atoms with Crippen molar-refractivity contribution in [1.29, 1.82) is 0 Å². The zero-order valence-corrected chi connectivity index (χ0v) is 9.56. The number of ether oxygens (including phenoxy) is 2. The smallest absolute Gasteiger partial charge is 0.318 e. The van der Waals surface area contributed by atoms with Gasteiger partial charge in [0, 0.05) is 12.8 Å². The van der Waals surface area contributed by atoms with E-state index < -0.39 is 18.0 Å². The Bertz CT molecular complexity index is 315. The number of hydrogen-bond acceptors (Lipinski definition) is 4. The van der Waals surface area contributed by atoms with Crippen molar-refractivity contribution in [1.82, 2.24) is 0 Å². The predicted octanol–water partition coefficient (Wildman–Crippen LogP) is 0.935. The summed E-state index contributed by atoms with van der Waals surface area (Å²) in [7, 11) is 1.27. The summed E-state index contributed by atoms with van der Waals surface area (Å²) in [6, 6.07) is 0. The molecule has 0 aliphatic carbocycles. The van der Waals surface area contributed by atoms with Crippen molar-refractivity contribution >= 4 is 11.8 Å². The minimum Gasteiger partial charge on any atom is -0.468 e. The van der Waals surface area contributed by atoms with Crippen LogP contribution in [0.3, 0.4) is 0 Å². The molecule has 0 N–H and O–H groups in total. The molecule has 0 unspecified atom stereocenters. The van der Waals surface area contributed by atoms with Crippen LogP contribution in [0.15, 0.2) is 0 Å². The molecular formula is C12H16O4. The summed E-state index contributed by atoms with van der Waals surface area (Å²) >= 11 is 0. The van der Waals surface area contributed by atoms with Crippen LogP contribution >= 0.6 is 0 Å². The molecule has 0 aromatic heterocycles. The van der Waals surface area contributed by atoms with E-state index >= 15 is 0 Å². The van der Waals surface area contributed by atoms with Crippen molar-refractivity contribution in [3.05, 3.63) is 0 Å². The van der Waals surface area contributed by atoms with Gasteiger partial charge in [-0.2, -0.15) is 0 Å². The number of ketones is 1. The lowest BCUT2D eigenvalue weighted by atomic mass is 9.88. The van der Waals surface area contributed by atoms with Gasteiger partial charge in [-0.05, 0) is 13.3 Å². The van der Waals surface area contributed by atoms with E-state index in [1.54, 1.807) is 0 Å². The minimum atomic E-state index is -0.811. The summed E-state index contributed by atoms with van der Waals surface area (Å²) in [4.78, 5) is 23.2. The van der Waals surface area contributed by atoms with Crippen LogP contribution in [0.5, 0.6) is 0 Å². The van der Waals surface area contributed by atoms with Crippen LogP contribution in [0.2, 0.25) is 0 Å². The lowest BCUT2D eigenvalue weighted by molar-refractivity contribution is -0.166. The maximum Gasteiger partial charge on any atom is 0.318 e. The Morgan fingerprint density at radius 3 is 2.94 bits per heavy atom. The van der Waals surface area contributed by atoms with Crippen LogP contribution in [-0.2, 0) is 19.1 Å². The van der Waals surface area contributed by atoms with Crippen molar-refractivity contribution in [3.63, 3.8) is 0 Å². The third-order valence-electron chi connectivity index (χ3n) is 2.64. The van der Waals surface area contributed by atoms with E-state index in [1.807, 2.05) is 6.92 Å². The third kappa shape index (κ3) is 2.83. The Kier molecular flexibility index (Phi) is 4.51. The molecular weight excluding hydrogens is 208 g/mol. The maximum absolute atomic E-state index is 11.7. The highest BCUT2D eigenvalue weighted by atomic mass is 16.5. The standard InChI is InChI=1S/C12H16O4/c1-4-5-6-10-11(12(14)15-3)9(13)7-8(2)16-10/h1,8,10-11H,5-7H2,2-3H3/t8-,10+,11+/m1/s1. The molecule has 1 aliphatic heterocycles. The zero-order chi connectivity index (χ0) is 12.1. The lowest BCUT2D eigenvalue weighted by Gasteiger charge is -2.32. The van der Waals surface area contributed by atoms with E-state index in [0.29, 0.717) is 12.8 Å². The number of rotatable bonds is 3. The number of hydrogen-bond donors (Lipinski definition) is 0. The average molecular weight is 224 g/mol. The molecule has 1 fully saturated rings. The first-order valence-corrected chi connectivity index (χ1v) is 5.29. The highest BCUT2D eigenvalue weighted by Crippen LogP contribution is 2.26. The summed E-state index contributed by atoms with van der Waals surface area (Å²) in [5, 5.41) is 0. The summed E-state index contributed by atoms with van der Waals surface area (Å²) < 4.78 is 10.2. The predicted molar refractivity (Wildman–Crippen MR) is 57.5 cm³/mol. The Morgan fingerprint density at radius 1 is 1.69 bits per heavy atom. The molecule has 16 heavy (non-hydrogen) atoms. The molecule has 1 rings (SSSR count). The molecule has 0 saturated carbocycles. The largest absolute Gasteiger partial charge is 0.468 e. The van der Waals surface area contributed by atoms with Gasteiger partial charge in [0.05, 0.1) is 19.3 Å². The molecule has 3 atom stereocenters. The second-order valence-electron chi connectivity index (χ2n) is 3.90. The van der Waals surface area contributed by atoms with E-state index in [1.165, 1.54) is 7.11 Å². The van der Waals surface area contributed by atoms with Crippen LogP contribution in [0, 0.1) is 18.3 Å². The minimum absolute atomic E-state index is 0.118. The third-order valence-corrected chi connectivity index (χ3v) is 2.64. The fraction of sp³-hybridized carbons (Fsp3) is 0.667. The molecule has 4 heteroatoms. The molecule has 0 bridgehead atoms. The Hall–Kier alpha value is -1.34. The van der Waals surface area contributed by atoms with E-state index in [2.05, 4.69) is 10.7 Å². The van der Waals surface area contributed by atoms with E-state index in [9.17, 15) is 9.59 Å². The molecule has 4 nitrogen and oxygen atoms in total. The van der Waals surface area contributed by atoms with Gasteiger partial charge in [-0.3, -0.25) is 9.59 Å². The number of esters is 1. The topological polar surface area (TPSA) is 52.6 Å². The molecule has 1 aliphatic rings. The van der Waals surface area contributed by atoms with Gasteiger partial charge in [-0.1, -0.05) is 0 Å². The number of Topliss-reactive ketones (excluding diaryl/α,β-unsaturated/α-hetero) is 1. The summed E-state index contributed by atoms with van der Waals surface area (Å²) in [5.41, 5.74) is 0. The van der Waals surface area contributed by atoms with Crippen LogP contribution in [0.4, 0.5) is 0 Å². The summed E-state index contributed by atoms with van der Waals surface area (Å²) in [5.74, 6) is 1.02. The van der Waals surface area contributed by atoms with Gasteiger partial charge >= 0.3 is 5.97 Å². The molecule has 88 valence electrons. The molecule has 1 heterocycles. The molecule has 0 amide bonds. The molecule has 0 radical (unpaired) electrons. The van der Waals surface area contributed by atoms with Gasteiger partial charge in [0.15, 0.2) is 5.78 Å². The first-order chi connectivity index (χ1) is 7.60. The quantitative estimate of drug-likeness (QED) is 0.406. The normalized spacial score (nSPS) is 29.6. The van der Waals surface area contributed by atoms with Crippen LogP contribution in [0.25, 0.3) is 0 Å². The Labute approximate surface area is 95.3 Å². The van der Waals surface area contributed by atoms with Crippen molar-refractivity contribution in [2.24, 2.45) is 5.92 Å². The van der Waals surface area contributed by atoms with Gasteiger partial charge in [-0.15, -0.1) is 12.3 Å². The van der Waals surface area contributed by atoms with E-state index in [4.69, 9.17) is 11.2 Å². The van der Waals surface area contributed by atoms with Gasteiger partial charge in [0.1, 0.15) is 5.92 Å². The van der Waals surface area contributed by atoms with Crippen molar-refractivity contribution in [2.45, 2.75) is 38.4 Å². The fourth-order valence-corrected chi connectivity index (χ4v) is 1.91. The fourth-order valence-electron chi connectivity index (χ4n) is 1.91. The molecule has 0 aromatic rings. The highest BCUT2D eigenvalue weighted by Gasteiger charge is 2.41. The number of terminal acetylenes is 1. The van der Waals surface area contributed by atoms with Crippen molar-refractivity contribution < 1.29 is 19.1 Å². The van der Waals surface area contributed by atoms with E-state index in [-0.39, 0.29) is 18.3 Å². The second-order valence-corrected chi connectivity index (χ2v) is 3.90. The molecule has 0 aromatic carbocycles. The Morgan fingerprint density at radius 2 is 2.38 bits per heavy atom. The zero-order valence-electron chi connectivity index (χ0n) is 9.56. The van der Waals surface area contributed by atoms with Gasteiger partial charge in [0.2, 0.25) is 0 Å². The van der Waals surface area contributed by atoms with Gasteiger partial charge in [0.25, 0.3) is 0 Å². The van der Waals surface area contributed by atoms with Crippen molar-refractivity contribution in [2.75, 3.05) is 7.11 Å². The monoisotopic (exact) mass is 224 g/mol. The van der Waals surface area contributed by atoms with Crippen LogP contribution in [-0.4, -0.2) is 31.1 Å². The van der Waals surface area contributed by atoms with Gasteiger partial charge in [-0.25, -0.2) is 0 Å². The van der Waals surface area contributed by atoms with Crippen LogP contribution in [0.1, 0.15) is 26.2 Å². The number of methoxy groups -OCH3 is 1. The molecule has 0 spiro atoms. The van der Waals surface area contributed by atoms with Crippen LogP contribution < -0.4 is 0 Å². The number of carbonyl (C=O) groups excluding carboxylic acids is 2. The molecule has 1 saturated heterocycles. The lowest BCUT2D eigenvalue weighted by Crippen LogP contribution is -2.45. The summed E-state index contributed by atoms with van der Waals surface area (Å²) in [6.45, 7) is 1.81. The first-order valence-electron chi connectivity index (χ1n) is 5.29. The second kappa shape index (κ2) is 5.66. The van der Waals surface area contributed by atoms with E-state index in [0.717, 1.165) is 0 Å².